The molecule has 0 fully saturated rings. The molecule has 0 radical (unpaired) electrons. The van der Waals surface area contributed by atoms with Gasteiger partial charge in [-0.05, 0) is 7.05 Å². The van der Waals surface area contributed by atoms with Gasteiger partial charge in [-0.2, -0.15) is 0 Å². The maximum atomic E-state index is 3.08. The molecule has 0 aromatic heterocycles. The first-order valence-corrected chi connectivity index (χ1v) is 5.33. The molecule has 0 heterocycles. The van der Waals surface area contributed by atoms with Crippen LogP contribution in [-0.4, -0.2) is 17.7 Å². The Labute approximate surface area is 65.8 Å². The van der Waals surface area contributed by atoms with Gasteiger partial charge in [-0.25, -0.2) is 0 Å². The van der Waals surface area contributed by atoms with Gasteiger partial charge in [0.1, 0.15) is 0 Å². The second-order valence-corrected chi connectivity index (χ2v) is 5.93. The second kappa shape index (κ2) is 4.47. The van der Waals surface area contributed by atoms with Crippen molar-refractivity contribution in [3.8, 4) is 0 Å². The Morgan fingerprint density at radius 2 is 1.89 bits per heavy atom. The molecule has 0 aromatic rings. The molecule has 0 bridgehead atoms. The summed E-state index contributed by atoms with van der Waals surface area (Å²) >= 11 is 0. The summed E-state index contributed by atoms with van der Waals surface area (Å²) in [7, 11) is 5.75. The predicted octanol–water partition coefficient (Wildman–Crippen LogP) is 2.34. The van der Waals surface area contributed by atoms with Crippen LogP contribution < -0.4 is 5.32 Å². The van der Waals surface area contributed by atoms with Gasteiger partial charge in [-0.1, -0.05) is 42.4 Å². The standard InChI is InChI=1S/C6H15NS2/c1-6(2,3)9-8-5-7-4/h7H,5H2,1-4H3. The van der Waals surface area contributed by atoms with E-state index in [9.17, 15) is 0 Å². The molecule has 0 aliphatic rings. The van der Waals surface area contributed by atoms with Gasteiger partial charge in [-0.15, -0.1) is 0 Å². The van der Waals surface area contributed by atoms with Crippen LogP contribution in [0.25, 0.3) is 0 Å². The molecule has 9 heavy (non-hydrogen) atoms. The molecule has 0 aliphatic heterocycles. The van der Waals surface area contributed by atoms with Crippen molar-refractivity contribution < 1.29 is 0 Å². The monoisotopic (exact) mass is 165 g/mol. The van der Waals surface area contributed by atoms with Crippen molar-refractivity contribution in [3.05, 3.63) is 0 Å². The Kier molecular flexibility index (Phi) is 4.80. The van der Waals surface area contributed by atoms with Crippen molar-refractivity contribution in [1.29, 1.82) is 0 Å². The number of rotatable bonds is 3. The lowest BCUT2D eigenvalue weighted by molar-refractivity contribution is 0.810. The largest absolute Gasteiger partial charge is 0.310 e. The Hall–Kier alpha value is 0.660. The molecular formula is C6H15NS2. The van der Waals surface area contributed by atoms with Gasteiger partial charge in [-0.3, -0.25) is 0 Å². The van der Waals surface area contributed by atoms with Gasteiger partial charge in [0.25, 0.3) is 0 Å². The summed E-state index contributed by atoms with van der Waals surface area (Å²) < 4.78 is 0.390. The molecule has 0 saturated heterocycles. The smallest absolute Gasteiger partial charge is 0.0521 e. The van der Waals surface area contributed by atoms with E-state index < -0.39 is 0 Å². The van der Waals surface area contributed by atoms with E-state index in [0.717, 1.165) is 5.88 Å². The molecule has 1 N–H and O–H groups in total. The fourth-order valence-corrected chi connectivity index (χ4v) is 2.39. The quantitative estimate of drug-likeness (QED) is 0.392. The first-order valence-electron chi connectivity index (χ1n) is 3.01. The third-order valence-electron chi connectivity index (χ3n) is 0.512. The molecule has 0 aromatic carbocycles. The first-order chi connectivity index (χ1) is 4.06. The number of hydrogen-bond acceptors (Lipinski definition) is 3. The van der Waals surface area contributed by atoms with E-state index in [1.165, 1.54) is 0 Å². The van der Waals surface area contributed by atoms with Gasteiger partial charge < -0.3 is 5.32 Å². The number of hydrogen-bond donors (Lipinski definition) is 1. The van der Waals surface area contributed by atoms with Gasteiger partial charge in [0.2, 0.25) is 0 Å². The molecule has 0 saturated carbocycles. The molecule has 0 rings (SSSR count). The lowest BCUT2D eigenvalue weighted by Crippen LogP contribution is -2.08. The van der Waals surface area contributed by atoms with Crippen molar-refractivity contribution in [2.45, 2.75) is 25.5 Å². The molecule has 0 amide bonds. The van der Waals surface area contributed by atoms with Crippen LogP contribution in [0.3, 0.4) is 0 Å². The van der Waals surface area contributed by atoms with Gasteiger partial charge in [0.15, 0.2) is 0 Å². The molecule has 0 spiro atoms. The fourth-order valence-electron chi connectivity index (χ4n) is 0.265. The van der Waals surface area contributed by atoms with E-state index in [2.05, 4.69) is 26.1 Å². The predicted molar refractivity (Wildman–Crippen MR) is 48.9 cm³/mol. The highest BCUT2D eigenvalue weighted by Crippen LogP contribution is 2.33. The van der Waals surface area contributed by atoms with Gasteiger partial charge >= 0.3 is 0 Å². The third-order valence-corrected chi connectivity index (χ3v) is 3.74. The van der Waals surface area contributed by atoms with E-state index >= 15 is 0 Å². The Morgan fingerprint density at radius 3 is 2.22 bits per heavy atom. The highest BCUT2D eigenvalue weighted by Gasteiger charge is 2.09. The summed E-state index contributed by atoms with van der Waals surface area (Å²) in [6.45, 7) is 6.67. The Bertz CT molecular complexity index is 67.9. The van der Waals surface area contributed by atoms with Crippen LogP contribution in [-0.2, 0) is 0 Å². The molecule has 56 valence electrons. The summed E-state index contributed by atoms with van der Waals surface area (Å²) in [5.74, 6) is 1.03. The molecular weight excluding hydrogens is 150 g/mol. The van der Waals surface area contributed by atoms with E-state index in [-0.39, 0.29) is 0 Å². The van der Waals surface area contributed by atoms with E-state index in [1.54, 1.807) is 0 Å². The third kappa shape index (κ3) is 8.66. The van der Waals surface area contributed by atoms with Crippen molar-refractivity contribution >= 4 is 21.6 Å². The molecule has 0 atom stereocenters. The molecule has 0 aliphatic carbocycles. The average Bonchev–Trinajstić information content (AvgIpc) is 1.63. The lowest BCUT2D eigenvalue weighted by atomic mass is 10.3. The highest BCUT2D eigenvalue weighted by atomic mass is 33.1. The van der Waals surface area contributed by atoms with Crippen LogP contribution >= 0.6 is 21.6 Å². The maximum Gasteiger partial charge on any atom is 0.0521 e. The summed E-state index contributed by atoms with van der Waals surface area (Å²) in [5, 5.41) is 3.08. The zero-order chi connectivity index (χ0) is 7.33. The molecule has 0 unspecified atom stereocenters. The summed E-state index contributed by atoms with van der Waals surface area (Å²) in [4.78, 5) is 0. The van der Waals surface area contributed by atoms with Crippen LogP contribution in [0.2, 0.25) is 0 Å². The average molecular weight is 165 g/mol. The minimum absolute atomic E-state index is 0.390. The van der Waals surface area contributed by atoms with Gasteiger partial charge in [0, 0.05) is 4.75 Å². The SMILES string of the molecule is CNCSSC(C)(C)C. The molecule has 3 heteroatoms. The van der Waals surface area contributed by atoms with Crippen molar-refractivity contribution in [2.24, 2.45) is 0 Å². The Balaban J connectivity index is 3.07. The fraction of sp³-hybridized carbons (Fsp3) is 1.00. The topological polar surface area (TPSA) is 12.0 Å². The highest BCUT2D eigenvalue weighted by molar-refractivity contribution is 8.77. The zero-order valence-electron chi connectivity index (χ0n) is 6.52. The normalized spacial score (nSPS) is 12.0. The van der Waals surface area contributed by atoms with Crippen LogP contribution in [0.1, 0.15) is 20.8 Å². The van der Waals surface area contributed by atoms with Crippen LogP contribution in [0, 0.1) is 0 Å². The summed E-state index contributed by atoms with van der Waals surface area (Å²) in [6, 6.07) is 0. The lowest BCUT2D eigenvalue weighted by Gasteiger charge is -2.15. The first kappa shape index (κ1) is 9.66. The maximum absolute atomic E-state index is 3.08. The van der Waals surface area contributed by atoms with Gasteiger partial charge in [0.05, 0.1) is 5.88 Å². The zero-order valence-corrected chi connectivity index (χ0v) is 8.16. The number of nitrogens with one attached hydrogen (secondary N) is 1. The van der Waals surface area contributed by atoms with E-state index in [0.29, 0.717) is 4.75 Å². The second-order valence-electron chi connectivity index (χ2n) is 2.81. The minimum atomic E-state index is 0.390. The summed E-state index contributed by atoms with van der Waals surface area (Å²) in [5.41, 5.74) is 0. The van der Waals surface area contributed by atoms with Crippen LogP contribution in [0.4, 0.5) is 0 Å². The minimum Gasteiger partial charge on any atom is -0.310 e. The van der Waals surface area contributed by atoms with Crippen molar-refractivity contribution in [2.75, 3.05) is 12.9 Å². The van der Waals surface area contributed by atoms with Crippen molar-refractivity contribution in [1.82, 2.24) is 5.32 Å². The van der Waals surface area contributed by atoms with E-state index in [4.69, 9.17) is 0 Å². The molecule has 1 nitrogen and oxygen atoms in total. The Morgan fingerprint density at radius 1 is 1.33 bits per heavy atom. The summed E-state index contributed by atoms with van der Waals surface area (Å²) in [6.07, 6.45) is 0. The van der Waals surface area contributed by atoms with E-state index in [1.807, 2.05) is 28.6 Å². The van der Waals surface area contributed by atoms with Crippen molar-refractivity contribution in [3.63, 3.8) is 0 Å². The van der Waals surface area contributed by atoms with Crippen LogP contribution in [0.15, 0.2) is 0 Å². The van der Waals surface area contributed by atoms with Crippen LogP contribution in [0.5, 0.6) is 0 Å².